The third-order valence-electron chi connectivity index (χ3n) is 6.47. The Balaban J connectivity index is 2.09. The van der Waals surface area contributed by atoms with Crippen molar-refractivity contribution in [3.05, 3.63) is 76.4 Å². The largest absolute Gasteiger partial charge is 0.507 e. The molecule has 1 aliphatic rings. The second-order valence-electron chi connectivity index (χ2n) is 8.78. The molecule has 3 aromatic rings. The van der Waals surface area contributed by atoms with Crippen LogP contribution in [-0.2, 0) is 9.59 Å². The van der Waals surface area contributed by atoms with Crippen LogP contribution in [0.3, 0.4) is 0 Å². The Bertz CT molecular complexity index is 1430. The highest BCUT2D eigenvalue weighted by Gasteiger charge is 2.48. The standard InChI is InChI=1S/C29H29NO8/c1-15-11-16(2)27(37-5)18(12-15)25(32)23-24(17-13-21(35-3)28(38-6)22(14-17)36-4)30(29(34)26(23)33)19-9-7-8-10-20(19)31/h7-14,24,31-32H,1-6H3/b25-23+. The van der Waals surface area contributed by atoms with E-state index in [1.165, 1.54) is 40.6 Å². The lowest BCUT2D eigenvalue weighted by Crippen LogP contribution is -2.29. The number of ketones is 1. The summed E-state index contributed by atoms with van der Waals surface area (Å²) in [5.41, 5.74) is 2.12. The molecule has 0 aromatic heterocycles. The van der Waals surface area contributed by atoms with Crippen LogP contribution in [0.1, 0.15) is 28.3 Å². The fourth-order valence-electron chi connectivity index (χ4n) is 4.87. The number of carbonyl (C=O) groups excluding carboxylic acids is 2. The Morgan fingerprint density at radius 3 is 2.00 bits per heavy atom. The number of para-hydroxylation sites is 2. The van der Waals surface area contributed by atoms with E-state index >= 15 is 0 Å². The van der Waals surface area contributed by atoms with Gasteiger partial charge in [0.1, 0.15) is 17.3 Å². The van der Waals surface area contributed by atoms with Crippen molar-refractivity contribution in [3.63, 3.8) is 0 Å². The van der Waals surface area contributed by atoms with Crippen molar-refractivity contribution in [1.82, 2.24) is 0 Å². The minimum absolute atomic E-state index is 0.0970. The maximum absolute atomic E-state index is 13.6. The molecule has 1 heterocycles. The smallest absolute Gasteiger partial charge is 0.300 e. The minimum atomic E-state index is -1.15. The van der Waals surface area contributed by atoms with Crippen molar-refractivity contribution in [1.29, 1.82) is 0 Å². The summed E-state index contributed by atoms with van der Waals surface area (Å²) in [5.74, 6) is -1.22. The van der Waals surface area contributed by atoms with Crippen LogP contribution in [0.15, 0.2) is 54.1 Å². The van der Waals surface area contributed by atoms with Gasteiger partial charge in [0.2, 0.25) is 5.75 Å². The number of carbonyl (C=O) groups is 2. The van der Waals surface area contributed by atoms with Crippen molar-refractivity contribution in [3.8, 4) is 28.7 Å². The Kier molecular flexibility index (Phi) is 7.21. The van der Waals surface area contributed by atoms with Gasteiger partial charge in [-0.25, -0.2) is 0 Å². The van der Waals surface area contributed by atoms with Crippen molar-refractivity contribution in [2.45, 2.75) is 19.9 Å². The molecular formula is C29H29NO8. The number of Topliss-reactive ketones (excluding diaryl/α,β-unsaturated/α-hetero) is 1. The van der Waals surface area contributed by atoms with Gasteiger partial charge in [-0.1, -0.05) is 18.2 Å². The zero-order valence-electron chi connectivity index (χ0n) is 22.0. The molecule has 1 amide bonds. The SMILES string of the molecule is COc1cc(C2/C(=C(\O)c3cc(C)cc(C)c3OC)C(=O)C(=O)N2c2ccccc2O)cc(OC)c1OC. The number of hydrogen-bond acceptors (Lipinski definition) is 8. The summed E-state index contributed by atoms with van der Waals surface area (Å²) in [7, 11) is 5.81. The van der Waals surface area contributed by atoms with Crippen molar-refractivity contribution in [2.24, 2.45) is 0 Å². The van der Waals surface area contributed by atoms with Crippen molar-refractivity contribution in [2.75, 3.05) is 33.3 Å². The third-order valence-corrected chi connectivity index (χ3v) is 6.47. The van der Waals surface area contributed by atoms with Gasteiger partial charge in [0.15, 0.2) is 11.5 Å². The molecule has 1 atom stereocenters. The van der Waals surface area contributed by atoms with E-state index in [0.717, 1.165) is 16.0 Å². The van der Waals surface area contributed by atoms with E-state index in [1.54, 1.807) is 30.3 Å². The fourth-order valence-corrected chi connectivity index (χ4v) is 4.87. The summed E-state index contributed by atoms with van der Waals surface area (Å²) in [4.78, 5) is 28.2. The number of nitrogens with zero attached hydrogens (tertiary/aromatic N) is 1. The predicted molar refractivity (Wildman–Crippen MR) is 141 cm³/mol. The van der Waals surface area contributed by atoms with Crippen LogP contribution in [0.2, 0.25) is 0 Å². The van der Waals surface area contributed by atoms with Gasteiger partial charge in [-0.15, -0.1) is 0 Å². The highest BCUT2D eigenvalue weighted by atomic mass is 16.5. The van der Waals surface area contributed by atoms with E-state index in [9.17, 15) is 19.8 Å². The molecule has 0 radical (unpaired) electrons. The number of anilines is 1. The van der Waals surface area contributed by atoms with Crippen molar-refractivity contribution < 1.29 is 38.7 Å². The first kappa shape index (κ1) is 26.4. The number of aliphatic hydroxyl groups excluding tert-OH is 1. The van der Waals surface area contributed by atoms with E-state index in [1.807, 2.05) is 19.9 Å². The lowest BCUT2D eigenvalue weighted by molar-refractivity contribution is -0.132. The lowest BCUT2D eigenvalue weighted by atomic mass is 9.93. The lowest BCUT2D eigenvalue weighted by Gasteiger charge is -2.27. The summed E-state index contributed by atoms with van der Waals surface area (Å²) in [5, 5.41) is 22.3. The molecule has 1 unspecified atom stereocenters. The van der Waals surface area contributed by atoms with Gasteiger partial charge < -0.3 is 29.2 Å². The molecule has 3 aromatic carbocycles. The summed E-state index contributed by atoms with van der Waals surface area (Å²) in [6.07, 6.45) is 0. The Hall–Kier alpha value is -4.66. The zero-order chi connectivity index (χ0) is 27.7. The highest BCUT2D eigenvalue weighted by molar-refractivity contribution is 6.52. The molecule has 0 bridgehead atoms. The first-order valence-corrected chi connectivity index (χ1v) is 11.7. The normalized spacial score (nSPS) is 16.5. The number of aryl methyl sites for hydroxylation is 2. The molecular weight excluding hydrogens is 490 g/mol. The molecule has 38 heavy (non-hydrogen) atoms. The number of amides is 1. The van der Waals surface area contributed by atoms with Crippen molar-refractivity contribution >= 4 is 23.1 Å². The molecule has 9 heteroatoms. The summed E-state index contributed by atoms with van der Waals surface area (Å²) < 4.78 is 22.0. The van der Waals surface area contributed by atoms with Crippen LogP contribution in [0.25, 0.3) is 5.76 Å². The maximum Gasteiger partial charge on any atom is 0.300 e. The summed E-state index contributed by atoms with van der Waals surface area (Å²) >= 11 is 0. The Morgan fingerprint density at radius 2 is 1.45 bits per heavy atom. The number of phenolic OH excluding ortho intramolecular Hbond substituents is 1. The van der Waals surface area contributed by atoms with Gasteiger partial charge in [0.05, 0.1) is 51.3 Å². The van der Waals surface area contributed by atoms with E-state index in [-0.39, 0.29) is 34.1 Å². The molecule has 0 aliphatic carbocycles. The first-order valence-electron chi connectivity index (χ1n) is 11.7. The number of methoxy groups -OCH3 is 4. The maximum atomic E-state index is 13.6. The first-order chi connectivity index (χ1) is 18.2. The number of benzene rings is 3. The molecule has 2 N–H and O–H groups in total. The van der Waals surface area contributed by atoms with Crippen LogP contribution in [0, 0.1) is 13.8 Å². The van der Waals surface area contributed by atoms with Crippen LogP contribution < -0.4 is 23.8 Å². The zero-order valence-corrected chi connectivity index (χ0v) is 22.0. The van der Waals surface area contributed by atoms with Gasteiger partial charge in [-0.05, 0) is 60.9 Å². The third kappa shape index (κ3) is 4.26. The number of rotatable bonds is 7. The highest BCUT2D eigenvalue weighted by Crippen LogP contribution is 2.49. The molecule has 1 aliphatic heterocycles. The predicted octanol–water partition coefficient (Wildman–Crippen LogP) is 4.67. The quantitative estimate of drug-likeness (QED) is 0.263. The Labute approximate surface area is 220 Å². The molecule has 0 saturated carbocycles. The van der Waals surface area contributed by atoms with Gasteiger partial charge in [-0.2, -0.15) is 0 Å². The average Bonchev–Trinajstić information content (AvgIpc) is 3.17. The van der Waals surface area contributed by atoms with Crippen LogP contribution >= 0.6 is 0 Å². The van der Waals surface area contributed by atoms with Gasteiger partial charge in [-0.3, -0.25) is 14.5 Å². The number of phenols is 1. The molecule has 4 rings (SSSR count). The number of ether oxygens (including phenoxy) is 4. The van der Waals surface area contributed by atoms with E-state index in [4.69, 9.17) is 18.9 Å². The number of aromatic hydroxyl groups is 1. The van der Waals surface area contributed by atoms with Crippen LogP contribution in [0.4, 0.5) is 5.69 Å². The average molecular weight is 520 g/mol. The van der Waals surface area contributed by atoms with Crippen LogP contribution in [-0.4, -0.2) is 50.3 Å². The number of hydrogen-bond donors (Lipinski definition) is 2. The molecule has 1 saturated heterocycles. The summed E-state index contributed by atoms with van der Waals surface area (Å²) in [6.45, 7) is 3.67. The van der Waals surface area contributed by atoms with Gasteiger partial charge in [0, 0.05) is 0 Å². The Morgan fingerprint density at radius 1 is 0.842 bits per heavy atom. The topological polar surface area (TPSA) is 115 Å². The fraction of sp³-hybridized carbons (Fsp3) is 0.241. The molecule has 1 fully saturated rings. The van der Waals surface area contributed by atoms with Gasteiger partial charge >= 0.3 is 0 Å². The molecule has 9 nitrogen and oxygen atoms in total. The second-order valence-corrected chi connectivity index (χ2v) is 8.78. The van der Waals surface area contributed by atoms with Crippen LogP contribution in [0.5, 0.6) is 28.7 Å². The summed E-state index contributed by atoms with van der Waals surface area (Å²) in [6, 6.07) is 11.8. The van der Waals surface area contributed by atoms with E-state index in [2.05, 4.69) is 0 Å². The molecule has 198 valence electrons. The van der Waals surface area contributed by atoms with E-state index in [0.29, 0.717) is 17.1 Å². The van der Waals surface area contributed by atoms with E-state index < -0.39 is 23.5 Å². The van der Waals surface area contributed by atoms with Gasteiger partial charge in [0.25, 0.3) is 11.7 Å². The monoisotopic (exact) mass is 519 g/mol. The number of aliphatic hydroxyl groups is 1. The minimum Gasteiger partial charge on any atom is -0.507 e. The second kappa shape index (κ2) is 10.4. The molecule has 0 spiro atoms.